The summed E-state index contributed by atoms with van der Waals surface area (Å²) in [5.41, 5.74) is 4.33. The fourth-order valence-electron chi connectivity index (χ4n) is 5.40. The summed E-state index contributed by atoms with van der Waals surface area (Å²) in [6, 6.07) is 40.7. The molecule has 0 bridgehead atoms. The van der Waals surface area contributed by atoms with Crippen molar-refractivity contribution in [3.8, 4) is 0 Å². The Kier molecular flexibility index (Phi) is 11.2. The van der Waals surface area contributed by atoms with Gasteiger partial charge in [0.1, 0.15) is 24.4 Å². The minimum atomic E-state index is -0.623. The van der Waals surface area contributed by atoms with E-state index in [0.29, 0.717) is 45.6 Å². The molecule has 0 amide bonds. The Morgan fingerprint density at radius 2 is 0.886 bits per heavy atom. The highest BCUT2D eigenvalue weighted by Crippen LogP contribution is 2.34. The number of hydrogen-bond donors (Lipinski definition) is 0. The quantitative estimate of drug-likeness (QED) is 0.138. The Balaban J connectivity index is 1.26. The van der Waals surface area contributed by atoms with Crippen LogP contribution in [0.15, 0.2) is 121 Å². The van der Waals surface area contributed by atoms with E-state index in [1.54, 1.807) is 0 Å². The normalized spacial score (nSPS) is 23.4. The molecule has 230 valence electrons. The van der Waals surface area contributed by atoms with Crippen LogP contribution in [-0.4, -0.2) is 43.9 Å². The minimum absolute atomic E-state index is 0.328. The van der Waals surface area contributed by atoms with Crippen LogP contribution >= 0.6 is 0 Å². The first-order chi connectivity index (χ1) is 21.8. The van der Waals surface area contributed by atoms with Gasteiger partial charge in [-0.3, -0.25) is 0 Å². The Hall–Kier alpha value is -3.36. The van der Waals surface area contributed by atoms with Gasteiger partial charge in [0.15, 0.2) is 6.29 Å². The summed E-state index contributed by atoms with van der Waals surface area (Å²) in [7, 11) is 0. The molecule has 2 fully saturated rings. The smallest absolute Gasteiger partial charge is 0.186 e. The highest BCUT2D eigenvalue weighted by Gasteiger charge is 2.49. The molecule has 1 saturated carbocycles. The summed E-state index contributed by atoms with van der Waals surface area (Å²) in [6.07, 6.45) is -0.123. The van der Waals surface area contributed by atoms with Crippen molar-refractivity contribution in [2.45, 2.75) is 70.0 Å². The lowest BCUT2D eigenvalue weighted by Crippen LogP contribution is -2.61. The molecule has 0 aromatic heterocycles. The van der Waals surface area contributed by atoms with E-state index in [2.05, 4.69) is 48.5 Å². The van der Waals surface area contributed by atoms with Gasteiger partial charge in [0, 0.05) is 0 Å². The predicted octanol–water partition coefficient (Wildman–Crippen LogP) is 7.11. The highest BCUT2D eigenvalue weighted by molar-refractivity contribution is 5.16. The molecule has 3 unspecified atom stereocenters. The molecule has 0 N–H and O–H groups in total. The first kappa shape index (κ1) is 30.7. The van der Waals surface area contributed by atoms with Crippen molar-refractivity contribution < 1.29 is 28.4 Å². The van der Waals surface area contributed by atoms with Gasteiger partial charge >= 0.3 is 0 Å². The van der Waals surface area contributed by atoms with Crippen LogP contribution in [0.5, 0.6) is 0 Å². The lowest BCUT2D eigenvalue weighted by molar-refractivity contribution is -0.329. The van der Waals surface area contributed by atoms with Crippen molar-refractivity contribution in [2.24, 2.45) is 5.92 Å². The maximum Gasteiger partial charge on any atom is 0.186 e. The average molecular weight is 595 g/mol. The van der Waals surface area contributed by atoms with Crippen LogP contribution in [0.1, 0.15) is 35.1 Å². The fraction of sp³-hybridized carbons (Fsp3) is 0.368. The topological polar surface area (TPSA) is 55.4 Å². The lowest BCUT2D eigenvalue weighted by Gasteiger charge is -2.46. The molecule has 6 nitrogen and oxygen atoms in total. The van der Waals surface area contributed by atoms with E-state index in [4.69, 9.17) is 28.4 Å². The summed E-state index contributed by atoms with van der Waals surface area (Å²) in [6.45, 7) is 2.67. The molecule has 1 aliphatic carbocycles. The number of ether oxygens (including phenoxy) is 6. The maximum atomic E-state index is 6.75. The van der Waals surface area contributed by atoms with Crippen molar-refractivity contribution in [3.05, 3.63) is 144 Å². The van der Waals surface area contributed by atoms with Gasteiger partial charge in [-0.05, 0) is 41.0 Å². The van der Waals surface area contributed by atoms with E-state index < -0.39 is 30.7 Å². The van der Waals surface area contributed by atoms with E-state index in [1.807, 2.05) is 72.8 Å². The first-order valence-electron chi connectivity index (χ1n) is 15.7. The van der Waals surface area contributed by atoms with E-state index >= 15 is 0 Å². The van der Waals surface area contributed by atoms with Crippen LogP contribution in [0.3, 0.4) is 0 Å². The third-order valence-corrected chi connectivity index (χ3v) is 8.03. The van der Waals surface area contributed by atoms with Crippen LogP contribution in [-0.2, 0) is 54.8 Å². The Morgan fingerprint density at radius 3 is 1.36 bits per heavy atom. The zero-order valence-corrected chi connectivity index (χ0v) is 25.1. The number of hydrogen-bond acceptors (Lipinski definition) is 6. The maximum absolute atomic E-state index is 6.75. The molecule has 1 aliphatic heterocycles. The number of rotatable bonds is 16. The molecular formula is C38H42O6. The third kappa shape index (κ3) is 9.08. The van der Waals surface area contributed by atoms with E-state index in [-0.39, 0.29) is 0 Å². The minimum Gasteiger partial charge on any atom is -0.374 e. The lowest BCUT2D eigenvalue weighted by atomic mass is 9.97. The SMILES string of the molecule is c1ccc(COCC2O[C@@H](OCC3CC3)C(OCc3ccccc3)C(OCc3ccccc3)[C@@H]2OCc2ccccc2)cc1. The molecule has 2 aliphatic rings. The van der Waals surface area contributed by atoms with Gasteiger partial charge in [0.2, 0.25) is 0 Å². The molecule has 6 heteroatoms. The van der Waals surface area contributed by atoms with Crippen molar-refractivity contribution in [2.75, 3.05) is 13.2 Å². The molecule has 44 heavy (non-hydrogen) atoms. The summed E-state index contributed by atoms with van der Waals surface area (Å²) < 4.78 is 39.5. The Morgan fingerprint density at radius 1 is 0.455 bits per heavy atom. The molecule has 0 spiro atoms. The first-order valence-corrected chi connectivity index (χ1v) is 15.7. The molecule has 1 heterocycles. The predicted molar refractivity (Wildman–Crippen MR) is 168 cm³/mol. The summed E-state index contributed by atoms with van der Waals surface area (Å²) in [5.74, 6) is 0.567. The van der Waals surface area contributed by atoms with Gasteiger partial charge < -0.3 is 28.4 Å². The average Bonchev–Trinajstić information content (AvgIpc) is 3.92. The molecule has 0 radical (unpaired) electrons. The summed E-state index contributed by atoms with van der Waals surface area (Å²) >= 11 is 0. The van der Waals surface area contributed by atoms with Crippen LogP contribution in [0.2, 0.25) is 0 Å². The summed E-state index contributed by atoms with van der Waals surface area (Å²) in [5, 5.41) is 0. The molecular weight excluding hydrogens is 552 g/mol. The zero-order valence-electron chi connectivity index (χ0n) is 25.1. The summed E-state index contributed by atoms with van der Waals surface area (Å²) in [4.78, 5) is 0. The van der Waals surface area contributed by atoms with Gasteiger partial charge in [-0.25, -0.2) is 0 Å². The standard InChI is InChI=1S/C38H42O6/c1-5-13-29(14-6-1)23-39-28-34-35(40-24-30-15-7-2-8-16-30)36(41-25-31-17-9-3-10-18-31)37(38(44-34)43-27-33-21-22-33)42-26-32-19-11-4-12-20-32/h1-20,33-38H,21-28H2/t34?,35-,36?,37?,38-/m1/s1. The van der Waals surface area contributed by atoms with Crippen molar-refractivity contribution in [1.82, 2.24) is 0 Å². The van der Waals surface area contributed by atoms with Crippen molar-refractivity contribution >= 4 is 0 Å². The second kappa shape index (κ2) is 16.1. The largest absolute Gasteiger partial charge is 0.374 e. The molecule has 4 aromatic rings. The monoisotopic (exact) mass is 594 g/mol. The molecule has 1 saturated heterocycles. The van der Waals surface area contributed by atoms with E-state index in [0.717, 1.165) is 22.3 Å². The van der Waals surface area contributed by atoms with Crippen LogP contribution in [0.4, 0.5) is 0 Å². The van der Waals surface area contributed by atoms with Crippen LogP contribution < -0.4 is 0 Å². The Labute approximate surface area is 260 Å². The number of benzene rings is 4. The van der Waals surface area contributed by atoms with Gasteiger partial charge in [-0.2, -0.15) is 0 Å². The van der Waals surface area contributed by atoms with Gasteiger partial charge in [-0.15, -0.1) is 0 Å². The van der Waals surface area contributed by atoms with E-state index in [1.165, 1.54) is 12.8 Å². The van der Waals surface area contributed by atoms with Crippen LogP contribution in [0.25, 0.3) is 0 Å². The molecule has 6 rings (SSSR count). The van der Waals surface area contributed by atoms with Crippen LogP contribution in [0, 0.1) is 5.92 Å². The van der Waals surface area contributed by atoms with Crippen molar-refractivity contribution in [3.63, 3.8) is 0 Å². The second-order valence-corrected chi connectivity index (χ2v) is 11.6. The zero-order chi connectivity index (χ0) is 29.8. The molecule has 5 atom stereocenters. The Bertz CT molecular complexity index is 1350. The third-order valence-electron chi connectivity index (χ3n) is 8.03. The van der Waals surface area contributed by atoms with Gasteiger partial charge in [0.05, 0.1) is 39.6 Å². The van der Waals surface area contributed by atoms with E-state index in [9.17, 15) is 0 Å². The fourth-order valence-corrected chi connectivity index (χ4v) is 5.40. The van der Waals surface area contributed by atoms with Gasteiger partial charge in [-0.1, -0.05) is 121 Å². The molecule has 4 aromatic carbocycles. The second-order valence-electron chi connectivity index (χ2n) is 11.6. The van der Waals surface area contributed by atoms with Crippen molar-refractivity contribution in [1.29, 1.82) is 0 Å². The highest BCUT2D eigenvalue weighted by atomic mass is 16.7. The van der Waals surface area contributed by atoms with Gasteiger partial charge in [0.25, 0.3) is 0 Å².